The molecular formula is C8H8F3NO2S. The van der Waals surface area contributed by atoms with E-state index in [-0.39, 0.29) is 12.0 Å². The molecule has 0 unspecified atom stereocenters. The lowest BCUT2D eigenvalue weighted by molar-refractivity contribution is 0.490. The monoisotopic (exact) mass is 239 g/mol. The van der Waals surface area contributed by atoms with Crippen LogP contribution in [0.25, 0.3) is 0 Å². The van der Waals surface area contributed by atoms with Crippen molar-refractivity contribution >= 4 is 10.0 Å². The van der Waals surface area contributed by atoms with E-state index in [4.69, 9.17) is 0 Å². The van der Waals surface area contributed by atoms with Crippen molar-refractivity contribution in [3.63, 3.8) is 0 Å². The van der Waals surface area contributed by atoms with E-state index in [1.54, 1.807) is 0 Å². The van der Waals surface area contributed by atoms with E-state index in [0.29, 0.717) is 12.1 Å². The van der Waals surface area contributed by atoms with Crippen LogP contribution in [0.1, 0.15) is 5.56 Å². The standard InChI is InChI=1S/C8H8F3NO2S/c9-6-4-8(11)7(10)3-5(6)1-2-15(12,13)14/h3-4H,1-2H2,(H2,12,13,14). The zero-order valence-electron chi connectivity index (χ0n) is 7.50. The second kappa shape index (κ2) is 4.19. The summed E-state index contributed by atoms with van der Waals surface area (Å²) in [6.45, 7) is 0. The van der Waals surface area contributed by atoms with Crippen LogP contribution in [0.15, 0.2) is 12.1 Å². The molecule has 0 aromatic heterocycles. The molecule has 1 aromatic rings. The molecule has 0 bridgehead atoms. The third-order valence-corrected chi connectivity index (χ3v) is 2.52. The Morgan fingerprint density at radius 2 is 1.60 bits per heavy atom. The van der Waals surface area contributed by atoms with E-state index < -0.39 is 33.2 Å². The molecule has 0 fully saturated rings. The van der Waals surface area contributed by atoms with Crippen molar-refractivity contribution in [2.45, 2.75) is 6.42 Å². The molecule has 0 aliphatic rings. The molecular weight excluding hydrogens is 231 g/mol. The van der Waals surface area contributed by atoms with Crippen LogP contribution in [-0.4, -0.2) is 14.2 Å². The predicted molar refractivity (Wildman–Crippen MR) is 48.0 cm³/mol. The summed E-state index contributed by atoms with van der Waals surface area (Å²) in [4.78, 5) is 0. The molecule has 84 valence electrons. The molecule has 0 radical (unpaired) electrons. The number of benzene rings is 1. The highest BCUT2D eigenvalue weighted by Gasteiger charge is 2.11. The molecule has 0 aliphatic carbocycles. The molecule has 0 saturated heterocycles. The summed E-state index contributed by atoms with van der Waals surface area (Å²) >= 11 is 0. The normalized spacial score (nSPS) is 11.7. The Kier molecular flexibility index (Phi) is 3.35. The fourth-order valence-electron chi connectivity index (χ4n) is 1.01. The third kappa shape index (κ3) is 3.52. The van der Waals surface area contributed by atoms with Gasteiger partial charge in [0, 0.05) is 6.07 Å². The van der Waals surface area contributed by atoms with Gasteiger partial charge in [0.2, 0.25) is 10.0 Å². The van der Waals surface area contributed by atoms with E-state index in [1.165, 1.54) is 0 Å². The molecule has 0 saturated carbocycles. The highest BCUT2D eigenvalue weighted by Crippen LogP contribution is 2.14. The second-order valence-electron chi connectivity index (χ2n) is 2.97. The topological polar surface area (TPSA) is 60.2 Å². The molecule has 0 heterocycles. The molecule has 0 amide bonds. The van der Waals surface area contributed by atoms with Crippen LogP contribution in [0, 0.1) is 17.5 Å². The summed E-state index contributed by atoms with van der Waals surface area (Å²) in [6.07, 6.45) is -0.290. The largest absolute Gasteiger partial charge is 0.229 e. The van der Waals surface area contributed by atoms with Crippen LogP contribution < -0.4 is 5.14 Å². The summed E-state index contributed by atoms with van der Waals surface area (Å²) in [5.41, 5.74) is -0.220. The first-order valence-corrected chi connectivity index (χ1v) is 5.65. The lowest BCUT2D eigenvalue weighted by Crippen LogP contribution is -2.18. The van der Waals surface area contributed by atoms with Gasteiger partial charge in [-0.05, 0) is 18.1 Å². The van der Waals surface area contributed by atoms with E-state index in [9.17, 15) is 21.6 Å². The first kappa shape index (κ1) is 12.0. The van der Waals surface area contributed by atoms with E-state index in [2.05, 4.69) is 5.14 Å². The zero-order chi connectivity index (χ0) is 11.6. The number of primary sulfonamides is 1. The van der Waals surface area contributed by atoms with Crippen molar-refractivity contribution in [3.05, 3.63) is 35.1 Å². The first-order chi connectivity index (χ1) is 6.79. The van der Waals surface area contributed by atoms with Crippen LogP contribution in [0.5, 0.6) is 0 Å². The van der Waals surface area contributed by atoms with E-state index in [1.807, 2.05) is 0 Å². The summed E-state index contributed by atoms with van der Waals surface area (Å²) < 4.78 is 59.2. The SMILES string of the molecule is NS(=O)(=O)CCc1cc(F)c(F)cc1F. The smallest absolute Gasteiger partial charge is 0.209 e. The van der Waals surface area contributed by atoms with E-state index >= 15 is 0 Å². The minimum atomic E-state index is -3.74. The molecule has 2 N–H and O–H groups in total. The lowest BCUT2D eigenvalue weighted by atomic mass is 10.1. The number of sulfonamides is 1. The Bertz CT molecular complexity index is 473. The zero-order valence-corrected chi connectivity index (χ0v) is 8.32. The molecule has 15 heavy (non-hydrogen) atoms. The van der Waals surface area contributed by atoms with Gasteiger partial charge in [0.05, 0.1) is 5.75 Å². The quantitative estimate of drug-likeness (QED) is 0.798. The summed E-state index contributed by atoms with van der Waals surface area (Å²) in [7, 11) is -3.74. The third-order valence-electron chi connectivity index (χ3n) is 1.75. The Hall–Kier alpha value is -1.08. The van der Waals surface area contributed by atoms with Crippen LogP contribution >= 0.6 is 0 Å². The van der Waals surface area contributed by atoms with Crippen LogP contribution in [0.3, 0.4) is 0 Å². The van der Waals surface area contributed by atoms with Crippen molar-refractivity contribution < 1.29 is 21.6 Å². The Morgan fingerprint density at radius 3 is 2.13 bits per heavy atom. The number of nitrogens with two attached hydrogens (primary N) is 1. The molecule has 3 nitrogen and oxygen atoms in total. The average Bonchev–Trinajstić information content (AvgIpc) is 2.07. The number of rotatable bonds is 3. The molecule has 0 aliphatic heterocycles. The minimum Gasteiger partial charge on any atom is -0.229 e. The Labute approximate surface area is 84.8 Å². The van der Waals surface area contributed by atoms with Crippen LogP contribution in [-0.2, 0) is 16.4 Å². The van der Waals surface area contributed by atoms with Gasteiger partial charge in [-0.15, -0.1) is 0 Å². The molecule has 0 spiro atoms. The summed E-state index contributed by atoms with van der Waals surface area (Å²) in [6, 6.07) is 0.990. The molecule has 1 rings (SSSR count). The number of hydrogen-bond donors (Lipinski definition) is 1. The molecule has 0 atom stereocenters. The number of hydrogen-bond acceptors (Lipinski definition) is 2. The van der Waals surface area contributed by atoms with Crippen molar-refractivity contribution in [1.29, 1.82) is 0 Å². The van der Waals surface area contributed by atoms with Gasteiger partial charge in [0.1, 0.15) is 5.82 Å². The molecule has 1 aromatic carbocycles. The maximum Gasteiger partial charge on any atom is 0.209 e. The fraction of sp³-hybridized carbons (Fsp3) is 0.250. The van der Waals surface area contributed by atoms with Gasteiger partial charge in [-0.2, -0.15) is 0 Å². The number of aryl methyl sites for hydroxylation is 1. The number of halogens is 3. The van der Waals surface area contributed by atoms with E-state index in [0.717, 1.165) is 0 Å². The van der Waals surface area contributed by atoms with Gasteiger partial charge in [-0.3, -0.25) is 0 Å². The maximum absolute atomic E-state index is 13.0. The predicted octanol–water partition coefficient (Wildman–Crippen LogP) is 0.935. The summed E-state index contributed by atoms with van der Waals surface area (Å²) in [5, 5.41) is 4.68. The van der Waals surface area contributed by atoms with Gasteiger partial charge in [0.15, 0.2) is 11.6 Å². The van der Waals surface area contributed by atoms with Crippen LogP contribution in [0.4, 0.5) is 13.2 Å². The lowest BCUT2D eigenvalue weighted by Gasteiger charge is -2.03. The van der Waals surface area contributed by atoms with Crippen molar-refractivity contribution in [2.75, 3.05) is 5.75 Å². The summed E-state index contributed by atoms with van der Waals surface area (Å²) in [5.74, 6) is -4.04. The fourth-order valence-corrected chi connectivity index (χ4v) is 1.51. The van der Waals surface area contributed by atoms with Crippen molar-refractivity contribution in [1.82, 2.24) is 0 Å². The van der Waals surface area contributed by atoms with Gasteiger partial charge < -0.3 is 0 Å². The Balaban J connectivity index is 2.91. The van der Waals surface area contributed by atoms with Crippen molar-refractivity contribution in [2.24, 2.45) is 5.14 Å². The van der Waals surface area contributed by atoms with Gasteiger partial charge in [-0.1, -0.05) is 0 Å². The molecule has 7 heteroatoms. The van der Waals surface area contributed by atoms with Gasteiger partial charge in [0.25, 0.3) is 0 Å². The van der Waals surface area contributed by atoms with Gasteiger partial charge >= 0.3 is 0 Å². The van der Waals surface area contributed by atoms with Gasteiger partial charge in [-0.25, -0.2) is 26.7 Å². The van der Waals surface area contributed by atoms with Crippen molar-refractivity contribution in [3.8, 4) is 0 Å². The first-order valence-electron chi connectivity index (χ1n) is 3.93. The highest BCUT2D eigenvalue weighted by molar-refractivity contribution is 7.89. The van der Waals surface area contributed by atoms with Crippen LogP contribution in [0.2, 0.25) is 0 Å². The second-order valence-corrected chi connectivity index (χ2v) is 4.71. The Morgan fingerprint density at radius 1 is 1.07 bits per heavy atom. The maximum atomic E-state index is 13.0. The minimum absolute atomic E-state index is 0.220. The highest BCUT2D eigenvalue weighted by atomic mass is 32.2. The average molecular weight is 239 g/mol.